The van der Waals surface area contributed by atoms with E-state index < -0.39 is 0 Å². The van der Waals surface area contributed by atoms with E-state index in [1.54, 1.807) is 4.90 Å². The second-order valence-corrected chi connectivity index (χ2v) is 6.59. The highest BCUT2D eigenvalue weighted by Crippen LogP contribution is 2.32. The number of carbonyl (C=O) groups excluding carboxylic acids is 1. The molecule has 0 bridgehead atoms. The molecule has 2 aromatic rings. The Labute approximate surface area is 139 Å². The minimum atomic E-state index is 0.00429. The summed E-state index contributed by atoms with van der Waals surface area (Å²) in [6.07, 6.45) is 1.91. The molecule has 0 radical (unpaired) electrons. The number of rotatable bonds is 3. The van der Waals surface area contributed by atoms with Gasteiger partial charge in [0, 0.05) is 6.54 Å². The van der Waals surface area contributed by atoms with Crippen molar-refractivity contribution in [3.8, 4) is 11.1 Å². The van der Waals surface area contributed by atoms with E-state index in [1.165, 1.54) is 22.9 Å². The second-order valence-electron chi connectivity index (χ2n) is 4.91. The molecule has 2 aromatic carbocycles. The van der Waals surface area contributed by atoms with Crippen LogP contribution in [0.5, 0.6) is 0 Å². The zero-order valence-corrected chi connectivity index (χ0v) is 13.8. The molecule has 4 heteroatoms. The molecule has 0 saturated carbocycles. The number of thiocarbonyl (C=S) groups is 1. The summed E-state index contributed by atoms with van der Waals surface area (Å²) in [6.45, 7) is 2.55. The largest absolute Gasteiger partial charge is 0.293 e. The lowest BCUT2D eigenvalue weighted by Crippen LogP contribution is -2.27. The summed E-state index contributed by atoms with van der Waals surface area (Å²) < 4.78 is 0.639. The Morgan fingerprint density at radius 3 is 2.27 bits per heavy atom. The summed E-state index contributed by atoms with van der Waals surface area (Å²) in [5, 5.41) is 0. The number of carbonyl (C=O) groups is 1. The van der Waals surface area contributed by atoms with Gasteiger partial charge in [-0.25, -0.2) is 0 Å². The van der Waals surface area contributed by atoms with Gasteiger partial charge in [0.05, 0.1) is 4.91 Å². The lowest BCUT2D eigenvalue weighted by molar-refractivity contribution is -0.121. The lowest BCUT2D eigenvalue weighted by atomic mass is 10.0. The number of hydrogen-bond acceptors (Lipinski definition) is 3. The third kappa shape index (κ3) is 2.98. The van der Waals surface area contributed by atoms with Crippen LogP contribution in [-0.4, -0.2) is 21.7 Å². The van der Waals surface area contributed by atoms with E-state index in [2.05, 4.69) is 24.3 Å². The van der Waals surface area contributed by atoms with Gasteiger partial charge in [0.2, 0.25) is 0 Å². The molecule has 1 fully saturated rings. The number of thioether (sulfide) groups is 1. The Bertz CT molecular complexity index is 735. The van der Waals surface area contributed by atoms with Gasteiger partial charge in [-0.3, -0.25) is 9.69 Å². The smallest absolute Gasteiger partial charge is 0.266 e. The van der Waals surface area contributed by atoms with Gasteiger partial charge in [-0.05, 0) is 29.7 Å². The van der Waals surface area contributed by atoms with Crippen molar-refractivity contribution in [2.75, 3.05) is 6.54 Å². The standard InChI is InChI=1S/C18H15NOS2/c1-2-19-17(20)16(22-18(19)21)12-13-8-10-15(11-9-13)14-6-4-3-5-7-14/h3-12H,2H2,1H3/b16-12+. The first-order valence-corrected chi connectivity index (χ1v) is 8.32. The Balaban J connectivity index is 1.84. The molecule has 3 rings (SSSR count). The maximum absolute atomic E-state index is 12.2. The summed E-state index contributed by atoms with van der Waals surface area (Å²) in [5.74, 6) is 0.00429. The van der Waals surface area contributed by atoms with E-state index in [-0.39, 0.29) is 5.91 Å². The zero-order chi connectivity index (χ0) is 15.5. The maximum Gasteiger partial charge on any atom is 0.266 e. The first kappa shape index (κ1) is 15.0. The normalized spacial score (nSPS) is 16.6. The van der Waals surface area contributed by atoms with Crippen molar-refractivity contribution in [1.29, 1.82) is 0 Å². The molecule has 0 aliphatic carbocycles. The van der Waals surface area contributed by atoms with Crippen LogP contribution < -0.4 is 0 Å². The monoisotopic (exact) mass is 325 g/mol. The molecular formula is C18H15NOS2. The van der Waals surface area contributed by atoms with Crippen LogP contribution in [0, 0.1) is 0 Å². The quantitative estimate of drug-likeness (QED) is 0.609. The molecule has 1 amide bonds. The Morgan fingerprint density at radius 1 is 1.05 bits per heavy atom. The van der Waals surface area contributed by atoms with E-state index in [1.807, 2.05) is 43.3 Å². The molecule has 1 heterocycles. The van der Waals surface area contributed by atoms with Crippen molar-refractivity contribution in [3.05, 3.63) is 65.1 Å². The number of hydrogen-bond donors (Lipinski definition) is 0. The molecule has 2 nitrogen and oxygen atoms in total. The summed E-state index contributed by atoms with van der Waals surface area (Å²) in [7, 11) is 0. The van der Waals surface area contributed by atoms with E-state index in [0.717, 1.165) is 5.56 Å². The average Bonchev–Trinajstić information content (AvgIpc) is 2.82. The number of amides is 1. The molecule has 22 heavy (non-hydrogen) atoms. The molecule has 0 unspecified atom stereocenters. The van der Waals surface area contributed by atoms with E-state index in [9.17, 15) is 4.79 Å². The van der Waals surface area contributed by atoms with Gasteiger partial charge in [-0.1, -0.05) is 78.6 Å². The van der Waals surface area contributed by atoms with Crippen molar-refractivity contribution in [3.63, 3.8) is 0 Å². The van der Waals surface area contributed by atoms with Crippen molar-refractivity contribution in [1.82, 2.24) is 4.90 Å². The average molecular weight is 325 g/mol. The van der Waals surface area contributed by atoms with E-state index in [0.29, 0.717) is 15.8 Å². The van der Waals surface area contributed by atoms with Crippen molar-refractivity contribution >= 4 is 40.3 Å². The third-order valence-corrected chi connectivity index (χ3v) is 4.88. The summed E-state index contributed by atoms with van der Waals surface area (Å²) >= 11 is 6.59. The Hall–Kier alpha value is -1.91. The van der Waals surface area contributed by atoms with E-state index >= 15 is 0 Å². The van der Waals surface area contributed by atoms with Crippen molar-refractivity contribution < 1.29 is 4.79 Å². The van der Waals surface area contributed by atoms with Gasteiger partial charge < -0.3 is 0 Å². The first-order valence-electron chi connectivity index (χ1n) is 7.10. The van der Waals surface area contributed by atoms with Gasteiger partial charge in [0.25, 0.3) is 5.91 Å². The fourth-order valence-corrected chi connectivity index (χ4v) is 3.71. The lowest BCUT2D eigenvalue weighted by Gasteiger charge is -2.09. The fourth-order valence-electron chi connectivity index (χ4n) is 2.33. The highest BCUT2D eigenvalue weighted by Gasteiger charge is 2.30. The maximum atomic E-state index is 12.2. The van der Waals surface area contributed by atoms with Crippen LogP contribution >= 0.6 is 24.0 Å². The van der Waals surface area contributed by atoms with Crippen LogP contribution in [0.1, 0.15) is 12.5 Å². The number of benzene rings is 2. The van der Waals surface area contributed by atoms with Gasteiger partial charge in [0.15, 0.2) is 0 Å². The van der Waals surface area contributed by atoms with Gasteiger partial charge in [-0.2, -0.15) is 0 Å². The minimum absolute atomic E-state index is 0.00429. The number of nitrogens with zero attached hydrogens (tertiary/aromatic N) is 1. The first-order chi connectivity index (χ1) is 10.7. The fraction of sp³-hybridized carbons (Fsp3) is 0.111. The molecule has 1 aliphatic heterocycles. The third-order valence-electron chi connectivity index (χ3n) is 3.51. The zero-order valence-electron chi connectivity index (χ0n) is 12.2. The molecule has 1 aliphatic rings. The van der Waals surface area contributed by atoms with Gasteiger partial charge >= 0.3 is 0 Å². The van der Waals surface area contributed by atoms with Gasteiger partial charge in [0.1, 0.15) is 4.32 Å². The summed E-state index contributed by atoms with van der Waals surface area (Å²) in [5.41, 5.74) is 3.36. The molecule has 0 spiro atoms. The van der Waals surface area contributed by atoms with Crippen molar-refractivity contribution in [2.24, 2.45) is 0 Å². The molecule has 0 N–H and O–H groups in total. The van der Waals surface area contributed by atoms with Crippen LogP contribution in [0.2, 0.25) is 0 Å². The predicted octanol–water partition coefficient (Wildman–Crippen LogP) is 4.57. The molecule has 110 valence electrons. The van der Waals surface area contributed by atoms with Crippen LogP contribution in [0.4, 0.5) is 0 Å². The Morgan fingerprint density at radius 2 is 1.68 bits per heavy atom. The molecular weight excluding hydrogens is 310 g/mol. The second kappa shape index (κ2) is 6.46. The highest BCUT2D eigenvalue weighted by molar-refractivity contribution is 8.26. The minimum Gasteiger partial charge on any atom is -0.293 e. The SMILES string of the molecule is CCN1C(=O)/C(=C\c2ccc(-c3ccccc3)cc2)SC1=S. The molecule has 0 atom stereocenters. The predicted molar refractivity (Wildman–Crippen MR) is 97.4 cm³/mol. The Kier molecular flexibility index (Phi) is 4.41. The van der Waals surface area contributed by atoms with Crippen LogP contribution in [0.25, 0.3) is 17.2 Å². The number of likely N-dealkylation sites (N-methyl/N-ethyl adjacent to an activating group) is 1. The van der Waals surface area contributed by atoms with Crippen LogP contribution in [0.15, 0.2) is 59.5 Å². The summed E-state index contributed by atoms with van der Waals surface area (Å²) in [6, 6.07) is 18.4. The molecule has 0 aromatic heterocycles. The van der Waals surface area contributed by atoms with E-state index in [4.69, 9.17) is 12.2 Å². The van der Waals surface area contributed by atoms with Crippen LogP contribution in [0.3, 0.4) is 0 Å². The summed E-state index contributed by atoms with van der Waals surface area (Å²) in [4.78, 5) is 14.5. The molecule has 1 saturated heterocycles. The van der Waals surface area contributed by atoms with Crippen molar-refractivity contribution in [2.45, 2.75) is 6.92 Å². The topological polar surface area (TPSA) is 20.3 Å². The van der Waals surface area contributed by atoms with Gasteiger partial charge in [-0.15, -0.1) is 0 Å². The van der Waals surface area contributed by atoms with Crippen LogP contribution in [-0.2, 0) is 4.79 Å². The highest BCUT2D eigenvalue weighted by atomic mass is 32.2.